The van der Waals surface area contributed by atoms with Gasteiger partial charge >= 0.3 is 0 Å². The van der Waals surface area contributed by atoms with E-state index in [2.05, 4.69) is 15.2 Å². The third-order valence-corrected chi connectivity index (χ3v) is 5.90. The lowest BCUT2D eigenvalue weighted by molar-refractivity contribution is 0.202. The van der Waals surface area contributed by atoms with E-state index < -0.39 is 11.6 Å². The Labute approximate surface area is 163 Å². The van der Waals surface area contributed by atoms with Gasteiger partial charge in [-0.25, -0.2) is 18.7 Å². The summed E-state index contributed by atoms with van der Waals surface area (Å²) in [5, 5.41) is 12.6. The Kier molecular flexibility index (Phi) is 5.82. The van der Waals surface area contributed by atoms with Gasteiger partial charge in [-0.1, -0.05) is 12.1 Å². The second-order valence-corrected chi connectivity index (χ2v) is 7.72. The summed E-state index contributed by atoms with van der Waals surface area (Å²) in [6.45, 7) is 2.25. The Bertz CT molecular complexity index is 824. The van der Waals surface area contributed by atoms with E-state index in [1.54, 1.807) is 6.07 Å². The van der Waals surface area contributed by atoms with Gasteiger partial charge in [0.05, 0.1) is 5.69 Å². The van der Waals surface area contributed by atoms with Crippen molar-refractivity contribution in [3.8, 4) is 0 Å². The highest BCUT2D eigenvalue weighted by molar-refractivity contribution is 5.36. The molecule has 2 aliphatic rings. The predicted octanol–water partition coefficient (Wildman–Crippen LogP) is 3.13. The number of aromatic nitrogens is 2. The number of nitrogens with one attached hydrogen (secondary N) is 1. The Morgan fingerprint density at radius 1 is 1.18 bits per heavy atom. The van der Waals surface area contributed by atoms with Crippen LogP contribution in [0.5, 0.6) is 0 Å². The quantitative estimate of drug-likeness (QED) is 0.824. The largest absolute Gasteiger partial charge is 0.396 e. The molecule has 0 unspecified atom stereocenters. The van der Waals surface area contributed by atoms with Crippen molar-refractivity contribution in [2.24, 2.45) is 5.92 Å². The molecule has 28 heavy (non-hydrogen) atoms. The molecule has 1 atom stereocenters. The van der Waals surface area contributed by atoms with Crippen molar-refractivity contribution >= 4 is 5.95 Å². The standard InChI is InChI=1S/C21H26F2N4O/c22-17-4-1-3-15(20(17)23)11-24-18-5-2-6-19-16(18)12-25-21(26-19)27-9-7-14(13-28)8-10-27/h1,3-4,12,14,18,24,28H,2,5-11,13H2/t18-/m1/s1. The normalized spacial score (nSPS) is 20.2. The number of aliphatic hydroxyl groups is 1. The average Bonchev–Trinajstić information content (AvgIpc) is 2.74. The smallest absolute Gasteiger partial charge is 0.225 e. The minimum Gasteiger partial charge on any atom is -0.396 e. The van der Waals surface area contributed by atoms with Crippen molar-refractivity contribution < 1.29 is 13.9 Å². The second kappa shape index (κ2) is 8.49. The summed E-state index contributed by atoms with van der Waals surface area (Å²) in [6.07, 6.45) is 6.63. The molecule has 1 aromatic heterocycles. The molecule has 1 saturated heterocycles. The number of hydrogen-bond acceptors (Lipinski definition) is 5. The number of rotatable bonds is 5. The summed E-state index contributed by atoms with van der Waals surface area (Å²) < 4.78 is 27.3. The van der Waals surface area contributed by atoms with Crippen LogP contribution in [0.25, 0.3) is 0 Å². The lowest BCUT2D eigenvalue weighted by atomic mass is 9.92. The monoisotopic (exact) mass is 388 g/mol. The van der Waals surface area contributed by atoms with Crippen LogP contribution in [-0.4, -0.2) is 34.8 Å². The first-order valence-corrected chi connectivity index (χ1v) is 10.0. The van der Waals surface area contributed by atoms with Crippen LogP contribution in [0, 0.1) is 17.6 Å². The predicted molar refractivity (Wildman–Crippen MR) is 103 cm³/mol. The molecule has 1 fully saturated rings. The maximum Gasteiger partial charge on any atom is 0.225 e. The van der Waals surface area contributed by atoms with E-state index in [1.807, 2.05) is 6.20 Å². The molecule has 0 bridgehead atoms. The van der Waals surface area contributed by atoms with Crippen molar-refractivity contribution in [3.05, 3.63) is 52.9 Å². The van der Waals surface area contributed by atoms with Gasteiger partial charge in [0.2, 0.25) is 5.95 Å². The maximum absolute atomic E-state index is 13.9. The van der Waals surface area contributed by atoms with E-state index in [-0.39, 0.29) is 19.2 Å². The molecule has 2 aromatic rings. The number of aliphatic hydroxyl groups excluding tert-OH is 1. The highest BCUT2D eigenvalue weighted by Gasteiger charge is 2.25. The first-order chi connectivity index (χ1) is 13.7. The number of halogens is 2. The molecule has 1 aliphatic carbocycles. The van der Waals surface area contributed by atoms with Crippen LogP contribution < -0.4 is 10.2 Å². The van der Waals surface area contributed by atoms with Crippen LogP contribution in [0.1, 0.15) is 48.5 Å². The Balaban J connectivity index is 1.45. The van der Waals surface area contributed by atoms with Gasteiger partial charge in [-0.3, -0.25) is 0 Å². The summed E-state index contributed by atoms with van der Waals surface area (Å²) >= 11 is 0. The molecule has 0 radical (unpaired) electrons. The first kappa shape index (κ1) is 19.2. The summed E-state index contributed by atoms with van der Waals surface area (Å²) in [7, 11) is 0. The molecule has 0 spiro atoms. The molecule has 7 heteroatoms. The van der Waals surface area contributed by atoms with Gasteiger partial charge in [0.15, 0.2) is 11.6 Å². The first-order valence-electron chi connectivity index (χ1n) is 10.0. The lowest BCUT2D eigenvalue weighted by Gasteiger charge is -2.32. The highest BCUT2D eigenvalue weighted by Crippen LogP contribution is 2.30. The number of nitrogens with zero attached hydrogens (tertiary/aromatic N) is 3. The van der Waals surface area contributed by atoms with E-state index in [0.29, 0.717) is 11.5 Å². The molecule has 0 amide bonds. The number of anilines is 1. The summed E-state index contributed by atoms with van der Waals surface area (Å²) in [5.41, 5.74) is 2.42. The summed E-state index contributed by atoms with van der Waals surface area (Å²) in [5.74, 6) is -0.470. The van der Waals surface area contributed by atoms with Crippen LogP contribution in [-0.2, 0) is 13.0 Å². The summed E-state index contributed by atoms with van der Waals surface area (Å²) in [4.78, 5) is 11.6. The van der Waals surface area contributed by atoms with Gasteiger partial charge in [0.1, 0.15) is 0 Å². The topological polar surface area (TPSA) is 61.3 Å². The molecule has 1 aromatic carbocycles. The van der Waals surface area contributed by atoms with E-state index in [0.717, 1.165) is 68.5 Å². The van der Waals surface area contributed by atoms with E-state index in [1.165, 1.54) is 6.07 Å². The number of fused-ring (bicyclic) bond motifs is 1. The van der Waals surface area contributed by atoms with E-state index in [9.17, 15) is 13.9 Å². The van der Waals surface area contributed by atoms with Crippen molar-refractivity contribution in [1.29, 1.82) is 0 Å². The molecule has 4 rings (SSSR count). The van der Waals surface area contributed by atoms with Crippen molar-refractivity contribution in [2.75, 3.05) is 24.6 Å². The average molecular weight is 388 g/mol. The summed E-state index contributed by atoms with van der Waals surface area (Å²) in [6, 6.07) is 4.30. The van der Waals surface area contributed by atoms with Crippen LogP contribution in [0.3, 0.4) is 0 Å². The van der Waals surface area contributed by atoms with Crippen LogP contribution in [0.4, 0.5) is 14.7 Å². The fraction of sp³-hybridized carbons (Fsp3) is 0.524. The molecule has 1 aliphatic heterocycles. The minimum absolute atomic E-state index is 0.0422. The van der Waals surface area contributed by atoms with Gasteiger partial charge in [-0.15, -0.1) is 0 Å². The molecule has 150 valence electrons. The molecule has 2 N–H and O–H groups in total. The maximum atomic E-state index is 13.9. The minimum atomic E-state index is -0.818. The van der Waals surface area contributed by atoms with Gasteiger partial charge in [0, 0.05) is 49.6 Å². The third kappa shape index (κ3) is 4.00. The Hall–Kier alpha value is -2.12. The lowest BCUT2D eigenvalue weighted by Crippen LogP contribution is -2.36. The van der Waals surface area contributed by atoms with Gasteiger partial charge in [0.25, 0.3) is 0 Å². The van der Waals surface area contributed by atoms with Crippen molar-refractivity contribution in [1.82, 2.24) is 15.3 Å². The number of benzene rings is 1. The van der Waals surface area contributed by atoms with Crippen LogP contribution in [0.15, 0.2) is 24.4 Å². The fourth-order valence-electron chi connectivity index (χ4n) is 4.13. The van der Waals surface area contributed by atoms with Gasteiger partial charge in [-0.2, -0.15) is 0 Å². The molecular formula is C21H26F2N4O. The Morgan fingerprint density at radius 3 is 2.79 bits per heavy atom. The fourth-order valence-corrected chi connectivity index (χ4v) is 4.13. The molecule has 0 saturated carbocycles. The van der Waals surface area contributed by atoms with Crippen molar-refractivity contribution in [3.63, 3.8) is 0 Å². The number of hydrogen-bond donors (Lipinski definition) is 2. The molecular weight excluding hydrogens is 362 g/mol. The zero-order chi connectivity index (χ0) is 19.5. The van der Waals surface area contributed by atoms with Crippen LogP contribution >= 0.6 is 0 Å². The van der Waals surface area contributed by atoms with E-state index in [4.69, 9.17) is 4.98 Å². The molecule has 5 nitrogen and oxygen atoms in total. The Morgan fingerprint density at radius 2 is 2.00 bits per heavy atom. The highest BCUT2D eigenvalue weighted by atomic mass is 19.2. The SMILES string of the molecule is OCC1CCN(c2ncc3c(n2)CCC[C@H]3NCc2cccc(F)c2F)CC1. The zero-order valence-electron chi connectivity index (χ0n) is 15.9. The van der Waals surface area contributed by atoms with Crippen LogP contribution in [0.2, 0.25) is 0 Å². The van der Waals surface area contributed by atoms with Crippen molar-refractivity contribution in [2.45, 2.75) is 44.7 Å². The van der Waals surface area contributed by atoms with Gasteiger partial charge < -0.3 is 15.3 Å². The third-order valence-electron chi connectivity index (χ3n) is 5.90. The second-order valence-electron chi connectivity index (χ2n) is 7.72. The van der Waals surface area contributed by atoms with Gasteiger partial charge in [-0.05, 0) is 44.1 Å². The number of aryl methyl sites for hydroxylation is 1. The van der Waals surface area contributed by atoms with E-state index >= 15 is 0 Å². The molecule has 2 heterocycles. The number of piperidine rings is 1. The zero-order valence-corrected chi connectivity index (χ0v) is 15.9.